The number of nitrogens with zero attached hydrogens (tertiary/aromatic N) is 1. The van der Waals surface area contributed by atoms with Gasteiger partial charge in [-0.3, -0.25) is 0 Å². The molecule has 0 saturated heterocycles. The molecule has 2 heterocycles. The number of pyridine rings is 1. The molecule has 1 fully saturated rings. The molecule has 2 aromatic rings. The summed E-state index contributed by atoms with van der Waals surface area (Å²) in [6.45, 7) is 0.744. The molecule has 1 aliphatic carbocycles. The van der Waals surface area contributed by atoms with Gasteiger partial charge in [-0.05, 0) is 31.0 Å². The van der Waals surface area contributed by atoms with Crippen LogP contribution in [0.2, 0.25) is 5.15 Å². The molecule has 0 radical (unpaired) electrons. The molecule has 4 heteroatoms. The molecule has 0 bridgehead atoms. The lowest BCUT2D eigenvalue weighted by atomic mass is 10.1. The Morgan fingerprint density at radius 3 is 2.93 bits per heavy atom. The zero-order valence-electron chi connectivity index (χ0n) is 8.16. The largest absolute Gasteiger partial charge is 0.330 e. The van der Waals surface area contributed by atoms with Crippen molar-refractivity contribution in [3.8, 4) is 0 Å². The zero-order chi connectivity index (χ0) is 10.5. The summed E-state index contributed by atoms with van der Waals surface area (Å²) in [4.78, 5) is 5.68. The van der Waals surface area contributed by atoms with Crippen LogP contribution in [-0.4, -0.2) is 11.5 Å². The van der Waals surface area contributed by atoms with Gasteiger partial charge in [-0.25, -0.2) is 4.98 Å². The van der Waals surface area contributed by atoms with Crippen LogP contribution < -0.4 is 5.73 Å². The Kier molecular flexibility index (Phi) is 2.03. The van der Waals surface area contributed by atoms with Gasteiger partial charge in [0.2, 0.25) is 0 Å². The van der Waals surface area contributed by atoms with Crippen LogP contribution in [-0.2, 0) is 5.41 Å². The van der Waals surface area contributed by atoms with E-state index in [1.807, 2.05) is 12.1 Å². The molecule has 2 N–H and O–H groups in total. The Morgan fingerprint density at radius 1 is 1.47 bits per heavy atom. The predicted molar refractivity (Wildman–Crippen MR) is 64.6 cm³/mol. The van der Waals surface area contributed by atoms with Gasteiger partial charge in [-0.15, -0.1) is 11.3 Å². The van der Waals surface area contributed by atoms with Gasteiger partial charge < -0.3 is 5.73 Å². The van der Waals surface area contributed by atoms with Gasteiger partial charge in [0.25, 0.3) is 0 Å². The highest BCUT2D eigenvalue weighted by atomic mass is 35.5. The zero-order valence-corrected chi connectivity index (χ0v) is 9.74. The van der Waals surface area contributed by atoms with Crippen molar-refractivity contribution in [2.45, 2.75) is 18.3 Å². The summed E-state index contributed by atoms with van der Waals surface area (Å²) in [6, 6.07) is 6.02. The van der Waals surface area contributed by atoms with Crippen LogP contribution in [0.5, 0.6) is 0 Å². The molecule has 0 unspecified atom stereocenters. The maximum atomic E-state index is 5.86. The van der Waals surface area contributed by atoms with E-state index < -0.39 is 0 Å². The van der Waals surface area contributed by atoms with Crippen molar-refractivity contribution in [1.82, 2.24) is 4.98 Å². The molecule has 0 amide bonds. The van der Waals surface area contributed by atoms with Crippen LogP contribution in [0.25, 0.3) is 10.2 Å². The van der Waals surface area contributed by atoms with E-state index in [4.69, 9.17) is 17.3 Å². The number of hydrogen-bond donors (Lipinski definition) is 1. The Bertz CT molecular complexity index is 516. The number of fused-ring (bicyclic) bond motifs is 1. The third-order valence-electron chi connectivity index (χ3n) is 3.11. The van der Waals surface area contributed by atoms with Crippen molar-refractivity contribution in [1.29, 1.82) is 0 Å². The molecular formula is C11H11ClN2S. The molecule has 15 heavy (non-hydrogen) atoms. The first kappa shape index (κ1) is 9.58. The van der Waals surface area contributed by atoms with Gasteiger partial charge in [0.1, 0.15) is 5.15 Å². The molecule has 3 rings (SSSR count). The molecule has 0 aromatic carbocycles. The number of hydrogen-bond acceptors (Lipinski definition) is 3. The van der Waals surface area contributed by atoms with Gasteiger partial charge in [-0.2, -0.15) is 0 Å². The number of rotatable bonds is 2. The normalized spacial score (nSPS) is 18.3. The molecule has 1 aliphatic rings. The minimum absolute atomic E-state index is 0.262. The van der Waals surface area contributed by atoms with Gasteiger partial charge in [0.05, 0.1) is 10.2 Å². The van der Waals surface area contributed by atoms with E-state index in [1.54, 1.807) is 11.3 Å². The van der Waals surface area contributed by atoms with Crippen LogP contribution in [0.15, 0.2) is 18.2 Å². The third kappa shape index (κ3) is 1.46. The number of nitrogens with two attached hydrogens (primary N) is 1. The van der Waals surface area contributed by atoms with Gasteiger partial charge >= 0.3 is 0 Å². The van der Waals surface area contributed by atoms with Gasteiger partial charge in [0, 0.05) is 16.8 Å². The van der Waals surface area contributed by atoms with E-state index in [0.717, 1.165) is 12.1 Å². The Labute approximate surface area is 97.1 Å². The topological polar surface area (TPSA) is 38.9 Å². The lowest BCUT2D eigenvalue weighted by Crippen LogP contribution is -2.18. The van der Waals surface area contributed by atoms with E-state index in [-0.39, 0.29) is 5.41 Å². The van der Waals surface area contributed by atoms with Crippen molar-refractivity contribution in [3.05, 3.63) is 28.2 Å². The summed E-state index contributed by atoms with van der Waals surface area (Å²) in [7, 11) is 0. The SMILES string of the molecule is NCC1(c2cc3nc(Cl)ccc3s2)CC1. The Morgan fingerprint density at radius 2 is 2.27 bits per heavy atom. The molecule has 0 spiro atoms. The molecule has 0 atom stereocenters. The molecule has 2 aromatic heterocycles. The first-order chi connectivity index (χ1) is 7.23. The van der Waals surface area contributed by atoms with Crippen LogP contribution in [0.4, 0.5) is 0 Å². The maximum Gasteiger partial charge on any atom is 0.129 e. The number of thiophene rings is 1. The summed E-state index contributed by atoms with van der Waals surface area (Å²) in [5.41, 5.74) is 7.08. The average molecular weight is 239 g/mol. The first-order valence-corrected chi connectivity index (χ1v) is 6.20. The summed E-state index contributed by atoms with van der Waals surface area (Å²) in [5.74, 6) is 0. The first-order valence-electron chi connectivity index (χ1n) is 5.00. The standard InChI is InChI=1S/C11H11ClN2S/c12-10-2-1-8-7(14-10)5-9(15-8)11(6-13)3-4-11/h1-2,5H,3-4,6,13H2. The Balaban J connectivity index is 2.14. The third-order valence-corrected chi connectivity index (χ3v) is 4.65. The fraction of sp³-hybridized carbons (Fsp3) is 0.364. The number of aromatic nitrogens is 1. The summed E-state index contributed by atoms with van der Waals surface area (Å²) >= 11 is 7.66. The second-order valence-electron chi connectivity index (χ2n) is 4.11. The number of halogens is 1. The van der Waals surface area contributed by atoms with Gasteiger partial charge in [0.15, 0.2) is 0 Å². The highest BCUT2D eigenvalue weighted by Crippen LogP contribution is 2.50. The molecule has 0 aliphatic heterocycles. The van der Waals surface area contributed by atoms with Crippen LogP contribution in [0, 0.1) is 0 Å². The quantitative estimate of drug-likeness (QED) is 0.817. The fourth-order valence-electron chi connectivity index (χ4n) is 1.86. The van der Waals surface area contributed by atoms with Crippen LogP contribution in [0.3, 0.4) is 0 Å². The van der Waals surface area contributed by atoms with Crippen molar-refractivity contribution >= 4 is 33.2 Å². The highest BCUT2D eigenvalue weighted by molar-refractivity contribution is 7.19. The monoisotopic (exact) mass is 238 g/mol. The van der Waals surface area contributed by atoms with Gasteiger partial charge in [-0.1, -0.05) is 11.6 Å². The van der Waals surface area contributed by atoms with E-state index in [9.17, 15) is 0 Å². The predicted octanol–water partition coefficient (Wildman–Crippen LogP) is 2.94. The molecule has 1 saturated carbocycles. The smallest absolute Gasteiger partial charge is 0.129 e. The minimum atomic E-state index is 0.262. The summed E-state index contributed by atoms with van der Waals surface area (Å²) in [6.07, 6.45) is 2.42. The summed E-state index contributed by atoms with van der Waals surface area (Å²) < 4.78 is 1.20. The van der Waals surface area contributed by atoms with E-state index in [1.165, 1.54) is 22.4 Å². The van der Waals surface area contributed by atoms with E-state index in [0.29, 0.717) is 5.15 Å². The molecule has 78 valence electrons. The fourth-order valence-corrected chi connectivity index (χ4v) is 3.27. The van der Waals surface area contributed by atoms with Crippen molar-refractivity contribution in [3.63, 3.8) is 0 Å². The second-order valence-corrected chi connectivity index (χ2v) is 5.58. The van der Waals surface area contributed by atoms with Crippen LogP contribution >= 0.6 is 22.9 Å². The second kappa shape index (κ2) is 3.17. The lowest BCUT2D eigenvalue weighted by molar-refractivity contribution is 0.720. The Hall–Kier alpha value is -0.640. The average Bonchev–Trinajstić information content (AvgIpc) is 2.93. The molecule has 2 nitrogen and oxygen atoms in total. The summed E-state index contributed by atoms with van der Waals surface area (Å²) in [5, 5.41) is 0.560. The molecular weight excluding hydrogens is 228 g/mol. The highest BCUT2D eigenvalue weighted by Gasteiger charge is 2.44. The van der Waals surface area contributed by atoms with E-state index >= 15 is 0 Å². The van der Waals surface area contributed by atoms with Crippen LogP contribution in [0.1, 0.15) is 17.7 Å². The lowest BCUT2D eigenvalue weighted by Gasteiger charge is -2.07. The van der Waals surface area contributed by atoms with E-state index in [2.05, 4.69) is 11.1 Å². The minimum Gasteiger partial charge on any atom is -0.330 e. The maximum absolute atomic E-state index is 5.86. The van der Waals surface area contributed by atoms with Crippen molar-refractivity contribution in [2.75, 3.05) is 6.54 Å². The van der Waals surface area contributed by atoms with Crippen molar-refractivity contribution in [2.24, 2.45) is 5.73 Å². The van der Waals surface area contributed by atoms with Crippen molar-refractivity contribution < 1.29 is 0 Å².